The van der Waals surface area contributed by atoms with Crippen LogP contribution in [-0.4, -0.2) is 28.6 Å². The Hall–Kier alpha value is -1.06. The van der Waals surface area contributed by atoms with Gasteiger partial charge in [0, 0.05) is 32.1 Å². The van der Waals surface area contributed by atoms with E-state index in [9.17, 15) is 0 Å². The van der Waals surface area contributed by atoms with Gasteiger partial charge >= 0.3 is 0 Å². The van der Waals surface area contributed by atoms with Crippen LogP contribution in [0.4, 0.5) is 0 Å². The number of ether oxygens (including phenoxy) is 1. The Morgan fingerprint density at radius 2 is 2.15 bits per heavy atom. The molecule has 110 valence electrons. The highest BCUT2D eigenvalue weighted by Gasteiger charge is 2.10. The molecule has 2 rings (SSSR count). The number of aromatic nitrogens is 2. The van der Waals surface area contributed by atoms with Crippen LogP contribution in [0.3, 0.4) is 0 Å². The van der Waals surface area contributed by atoms with Crippen molar-refractivity contribution in [3.63, 3.8) is 0 Å². The lowest BCUT2D eigenvalue weighted by Gasteiger charge is -2.09. The second kappa shape index (κ2) is 7.65. The van der Waals surface area contributed by atoms with Crippen LogP contribution in [0.5, 0.6) is 0 Å². The van der Waals surface area contributed by atoms with Gasteiger partial charge in [0.1, 0.15) is 5.82 Å². The Labute approximate surface area is 125 Å². The van der Waals surface area contributed by atoms with Gasteiger partial charge < -0.3 is 9.30 Å². The molecule has 0 aliphatic heterocycles. The van der Waals surface area contributed by atoms with Crippen molar-refractivity contribution in [3.8, 4) is 0 Å². The Morgan fingerprint density at radius 1 is 1.30 bits per heavy atom. The number of imidazole rings is 1. The van der Waals surface area contributed by atoms with Gasteiger partial charge in [0.25, 0.3) is 0 Å². The van der Waals surface area contributed by atoms with Crippen molar-refractivity contribution in [1.29, 1.82) is 0 Å². The van der Waals surface area contributed by atoms with E-state index in [0.717, 1.165) is 50.4 Å². The van der Waals surface area contributed by atoms with Gasteiger partial charge in [-0.15, -0.1) is 11.6 Å². The molecule has 1 heterocycles. The van der Waals surface area contributed by atoms with E-state index >= 15 is 0 Å². The van der Waals surface area contributed by atoms with Crippen molar-refractivity contribution in [1.82, 2.24) is 9.55 Å². The second-order valence-electron chi connectivity index (χ2n) is 5.08. The summed E-state index contributed by atoms with van der Waals surface area (Å²) in [6, 6.07) is 6.43. The highest BCUT2D eigenvalue weighted by molar-refractivity contribution is 6.17. The average molecular weight is 295 g/mol. The van der Waals surface area contributed by atoms with E-state index < -0.39 is 0 Å². The standard InChI is InChI=1S/C16H23ClN2O/c1-3-10-20-11-4-9-19-15-6-5-13(2)12-14(15)18-16(19)7-8-17/h5-6,12H,3-4,7-11H2,1-2H3. The van der Waals surface area contributed by atoms with E-state index in [1.54, 1.807) is 0 Å². The first kappa shape index (κ1) is 15.3. The summed E-state index contributed by atoms with van der Waals surface area (Å²) in [4.78, 5) is 4.72. The number of hydrogen-bond acceptors (Lipinski definition) is 2. The average Bonchev–Trinajstić information content (AvgIpc) is 2.76. The Kier molecular flexibility index (Phi) is 5.86. The zero-order chi connectivity index (χ0) is 14.4. The molecule has 4 heteroatoms. The highest BCUT2D eigenvalue weighted by Crippen LogP contribution is 2.19. The molecule has 3 nitrogen and oxygen atoms in total. The third-order valence-corrected chi connectivity index (χ3v) is 3.51. The zero-order valence-corrected chi connectivity index (χ0v) is 13.1. The predicted octanol–water partition coefficient (Wildman–Crippen LogP) is 3.94. The fraction of sp³-hybridized carbons (Fsp3) is 0.562. The number of hydrogen-bond donors (Lipinski definition) is 0. The van der Waals surface area contributed by atoms with Crippen LogP contribution >= 0.6 is 11.6 Å². The molecule has 0 saturated carbocycles. The third-order valence-electron chi connectivity index (χ3n) is 3.32. The summed E-state index contributed by atoms with van der Waals surface area (Å²) in [6.45, 7) is 6.82. The summed E-state index contributed by atoms with van der Waals surface area (Å²) in [6.07, 6.45) is 2.89. The van der Waals surface area contributed by atoms with Crippen molar-refractivity contribution in [3.05, 3.63) is 29.6 Å². The number of benzene rings is 1. The first-order valence-corrected chi connectivity index (χ1v) is 7.89. The quantitative estimate of drug-likeness (QED) is 0.544. The van der Waals surface area contributed by atoms with E-state index in [1.165, 1.54) is 11.1 Å². The van der Waals surface area contributed by atoms with E-state index in [1.807, 2.05) is 0 Å². The van der Waals surface area contributed by atoms with Crippen LogP contribution in [0.15, 0.2) is 18.2 Å². The van der Waals surface area contributed by atoms with Gasteiger partial charge in [-0.1, -0.05) is 13.0 Å². The molecule has 0 N–H and O–H groups in total. The Balaban J connectivity index is 2.13. The normalized spacial score (nSPS) is 11.3. The second-order valence-corrected chi connectivity index (χ2v) is 5.45. The van der Waals surface area contributed by atoms with Crippen LogP contribution in [0, 0.1) is 6.92 Å². The Morgan fingerprint density at radius 3 is 2.90 bits per heavy atom. The van der Waals surface area contributed by atoms with Gasteiger partial charge in [0.05, 0.1) is 11.0 Å². The van der Waals surface area contributed by atoms with E-state index in [2.05, 4.69) is 36.6 Å². The Bertz CT molecular complexity index is 551. The molecule has 0 fully saturated rings. The lowest BCUT2D eigenvalue weighted by Crippen LogP contribution is -2.07. The third kappa shape index (κ3) is 3.74. The maximum absolute atomic E-state index is 5.89. The lowest BCUT2D eigenvalue weighted by molar-refractivity contribution is 0.129. The summed E-state index contributed by atoms with van der Waals surface area (Å²) in [5.74, 6) is 1.69. The number of nitrogens with zero attached hydrogens (tertiary/aromatic N) is 2. The molecule has 0 spiro atoms. The van der Waals surface area contributed by atoms with Crippen LogP contribution in [0.1, 0.15) is 31.2 Å². The fourth-order valence-electron chi connectivity index (χ4n) is 2.39. The molecule has 0 unspecified atom stereocenters. The SMILES string of the molecule is CCCOCCCn1c(CCCl)nc2cc(C)ccc21. The van der Waals surface area contributed by atoms with Crippen molar-refractivity contribution in [2.45, 2.75) is 39.7 Å². The van der Waals surface area contributed by atoms with Gasteiger partial charge in [-0.2, -0.15) is 0 Å². The van der Waals surface area contributed by atoms with Gasteiger partial charge in [-0.25, -0.2) is 4.98 Å². The molecule has 1 aromatic carbocycles. The molecular weight excluding hydrogens is 272 g/mol. The van der Waals surface area contributed by atoms with E-state index in [0.29, 0.717) is 5.88 Å². The molecule has 0 aliphatic rings. The fourth-order valence-corrected chi connectivity index (χ4v) is 2.55. The van der Waals surface area contributed by atoms with Crippen molar-refractivity contribution >= 4 is 22.6 Å². The summed E-state index contributed by atoms with van der Waals surface area (Å²) in [5.41, 5.74) is 3.51. The smallest absolute Gasteiger partial charge is 0.111 e. The molecule has 0 amide bonds. The largest absolute Gasteiger partial charge is 0.381 e. The number of fused-ring (bicyclic) bond motifs is 1. The van der Waals surface area contributed by atoms with Crippen molar-refractivity contribution in [2.24, 2.45) is 0 Å². The van der Waals surface area contributed by atoms with Crippen LogP contribution in [-0.2, 0) is 17.7 Å². The molecule has 1 aromatic heterocycles. The number of aryl methyl sites for hydroxylation is 3. The first-order chi connectivity index (χ1) is 9.76. The molecule has 20 heavy (non-hydrogen) atoms. The minimum absolute atomic E-state index is 0.606. The molecule has 0 atom stereocenters. The highest BCUT2D eigenvalue weighted by atomic mass is 35.5. The van der Waals surface area contributed by atoms with Gasteiger partial charge in [-0.3, -0.25) is 0 Å². The summed E-state index contributed by atoms with van der Waals surface area (Å²) < 4.78 is 7.84. The molecule has 0 radical (unpaired) electrons. The topological polar surface area (TPSA) is 27.1 Å². The monoisotopic (exact) mass is 294 g/mol. The van der Waals surface area contributed by atoms with Gasteiger partial charge in [-0.05, 0) is 37.5 Å². The summed E-state index contributed by atoms with van der Waals surface area (Å²) >= 11 is 5.89. The van der Waals surface area contributed by atoms with Crippen LogP contribution in [0.2, 0.25) is 0 Å². The van der Waals surface area contributed by atoms with Crippen LogP contribution in [0.25, 0.3) is 11.0 Å². The maximum Gasteiger partial charge on any atom is 0.111 e. The van der Waals surface area contributed by atoms with Gasteiger partial charge in [0.2, 0.25) is 0 Å². The van der Waals surface area contributed by atoms with E-state index in [4.69, 9.17) is 21.3 Å². The maximum atomic E-state index is 5.89. The zero-order valence-electron chi connectivity index (χ0n) is 12.4. The molecule has 2 aromatic rings. The van der Waals surface area contributed by atoms with Crippen molar-refractivity contribution < 1.29 is 4.74 Å². The van der Waals surface area contributed by atoms with Crippen LogP contribution < -0.4 is 0 Å². The predicted molar refractivity (Wildman–Crippen MR) is 84.6 cm³/mol. The first-order valence-electron chi connectivity index (χ1n) is 7.35. The number of rotatable bonds is 8. The van der Waals surface area contributed by atoms with Gasteiger partial charge in [0.15, 0.2) is 0 Å². The molecule has 0 bridgehead atoms. The molecular formula is C16H23ClN2O. The number of halogens is 1. The number of alkyl halides is 1. The molecule has 0 saturated heterocycles. The summed E-state index contributed by atoms with van der Waals surface area (Å²) in [7, 11) is 0. The molecule has 0 aliphatic carbocycles. The van der Waals surface area contributed by atoms with E-state index in [-0.39, 0.29) is 0 Å². The minimum atomic E-state index is 0.606. The van der Waals surface area contributed by atoms with Crippen molar-refractivity contribution in [2.75, 3.05) is 19.1 Å². The lowest BCUT2D eigenvalue weighted by atomic mass is 10.2. The minimum Gasteiger partial charge on any atom is -0.381 e. The summed E-state index contributed by atoms with van der Waals surface area (Å²) in [5, 5.41) is 0.